The van der Waals surface area contributed by atoms with E-state index in [-0.39, 0.29) is 18.1 Å². The number of piperidine rings is 1. The Hall–Kier alpha value is -1.39. The molecule has 10 heteroatoms. The van der Waals surface area contributed by atoms with E-state index >= 15 is 0 Å². The van der Waals surface area contributed by atoms with Crippen LogP contribution in [0.1, 0.15) is 38.5 Å². The first-order valence-electron chi connectivity index (χ1n) is 10.8. The van der Waals surface area contributed by atoms with Crippen LogP contribution in [0.15, 0.2) is 0 Å². The van der Waals surface area contributed by atoms with E-state index in [9.17, 15) is 18.0 Å². The number of alkyl halides is 3. The molecule has 0 spiro atoms. The van der Waals surface area contributed by atoms with Gasteiger partial charge in [0.2, 0.25) is 0 Å². The summed E-state index contributed by atoms with van der Waals surface area (Å²) < 4.78 is 43.3. The molecule has 3 saturated heterocycles. The summed E-state index contributed by atoms with van der Waals surface area (Å²) in [5.41, 5.74) is 0. The molecular weight excluding hydrogens is 405 g/mol. The number of aliphatic carboxylic acids is 1. The van der Waals surface area contributed by atoms with E-state index < -0.39 is 12.1 Å². The van der Waals surface area contributed by atoms with Crippen LogP contribution in [0.2, 0.25) is 0 Å². The fourth-order valence-electron chi connectivity index (χ4n) is 4.86. The maximum absolute atomic E-state index is 12.6. The number of hydrogen-bond acceptors (Lipinski definition) is 5. The molecule has 1 amide bonds. The lowest BCUT2D eigenvalue weighted by molar-refractivity contribution is -0.192. The molecule has 3 aliphatic heterocycles. The zero-order chi connectivity index (χ0) is 21.7. The molecule has 1 N–H and O–H groups in total. The second-order valence-corrected chi connectivity index (χ2v) is 8.60. The van der Waals surface area contributed by atoms with Crippen molar-refractivity contribution in [1.82, 2.24) is 9.80 Å². The third-order valence-corrected chi connectivity index (χ3v) is 6.47. The summed E-state index contributed by atoms with van der Waals surface area (Å²) in [5, 5.41) is 7.12. The van der Waals surface area contributed by atoms with Crippen LogP contribution >= 0.6 is 0 Å². The monoisotopic (exact) mass is 436 g/mol. The highest BCUT2D eigenvalue weighted by molar-refractivity contribution is 5.81. The second-order valence-electron chi connectivity index (χ2n) is 8.60. The van der Waals surface area contributed by atoms with Gasteiger partial charge in [-0.2, -0.15) is 13.2 Å². The number of carboxylic acids is 1. The summed E-state index contributed by atoms with van der Waals surface area (Å²) in [4.78, 5) is 26.1. The van der Waals surface area contributed by atoms with Crippen LogP contribution in [0.25, 0.3) is 0 Å². The van der Waals surface area contributed by atoms with Crippen molar-refractivity contribution >= 4 is 11.9 Å². The van der Waals surface area contributed by atoms with Gasteiger partial charge in [0.25, 0.3) is 5.91 Å². The number of halogens is 3. The molecule has 0 unspecified atom stereocenters. The highest BCUT2D eigenvalue weighted by Crippen LogP contribution is 2.35. The Morgan fingerprint density at radius 1 is 1.03 bits per heavy atom. The Kier molecular flexibility index (Phi) is 7.98. The van der Waals surface area contributed by atoms with Gasteiger partial charge in [0.15, 0.2) is 0 Å². The molecule has 3 atom stereocenters. The van der Waals surface area contributed by atoms with Gasteiger partial charge in [0.05, 0.1) is 19.3 Å². The molecule has 1 aliphatic carbocycles. The first-order chi connectivity index (χ1) is 14.2. The lowest BCUT2D eigenvalue weighted by atomic mass is 9.91. The Labute approximate surface area is 174 Å². The highest BCUT2D eigenvalue weighted by atomic mass is 19.4. The van der Waals surface area contributed by atoms with Crippen molar-refractivity contribution in [1.29, 1.82) is 0 Å². The van der Waals surface area contributed by atoms with E-state index in [2.05, 4.69) is 4.90 Å². The molecule has 0 radical (unpaired) electrons. The topological polar surface area (TPSA) is 79.3 Å². The Morgan fingerprint density at radius 3 is 2.27 bits per heavy atom. The third kappa shape index (κ3) is 6.31. The fraction of sp³-hybridized carbons (Fsp3) is 0.900. The van der Waals surface area contributed by atoms with Crippen LogP contribution in [0, 0.1) is 11.8 Å². The van der Waals surface area contributed by atoms with Crippen molar-refractivity contribution in [3.63, 3.8) is 0 Å². The number of hydrogen-bond donors (Lipinski definition) is 1. The summed E-state index contributed by atoms with van der Waals surface area (Å²) >= 11 is 0. The van der Waals surface area contributed by atoms with Crippen LogP contribution in [0.3, 0.4) is 0 Å². The minimum atomic E-state index is -5.08. The number of rotatable bonds is 3. The Balaban J connectivity index is 0.000000318. The normalized spacial score (nSPS) is 30.5. The van der Waals surface area contributed by atoms with Crippen molar-refractivity contribution in [2.24, 2.45) is 11.8 Å². The highest BCUT2D eigenvalue weighted by Gasteiger charge is 2.43. The number of nitrogens with zero attached hydrogens (tertiary/aromatic N) is 2. The molecule has 4 aliphatic rings. The molecular formula is C20H31F3N2O5. The molecule has 4 rings (SSSR count). The van der Waals surface area contributed by atoms with E-state index in [1.165, 1.54) is 45.2 Å². The number of likely N-dealkylation sites (tertiary alicyclic amines) is 1. The lowest BCUT2D eigenvalue weighted by Crippen LogP contribution is -2.46. The molecule has 7 nitrogen and oxygen atoms in total. The van der Waals surface area contributed by atoms with Crippen LogP contribution in [-0.2, 0) is 19.1 Å². The predicted octanol–water partition coefficient (Wildman–Crippen LogP) is 2.15. The van der Waals surface area contributed by atoms with Crippen molar-refractivity contribution in [3.05, 3.63) is 0 Å². The molecule has 1 saturated carbocycles. The minimum Gasteiger partial charge on any atom is -0.475 e. The van der Waals surface area contributed by atoms with E-state index in [4.69, 9.17) is 19.4 Å². The fourth-order valence-corrected chi connectivity index (χ4v) is 4.86. The number of ether oxygens (including phenoxy) is 2. The zero-order valence-corrected chi connectivity index (χ0v) is 17.1. The number of morpholine rings is 1. The van der Waals surface area contributed by atoms with Crippen LogP contribution in [0.4, 0.5) is 13.2 Å². The van der Waals surface area contributed by atoms with Crippen LogP contribution in [-0.4, -0.2) is 91.1 Å². The molecule has 172 valence electrons. The van der Waals surface area contributed by atoms with Gasteiger partial charge in [-0.1, -0.05) is 12.8 Å². The van der Waals surface area contributed by atoms with E-state index in [0.29, 0.717) is 19.1 Å². The molecule has 0 aromatic rings. The van der Waals surface area contributed by atoms with Gasteiger partial charge in [0, 0.05) is 26.2 Å². The summed E-state index contributed by atoms with van der Waals surface area (Å²) in [5.74, 6) is -1.07. The summed E-state index contributed by atoms with van der Waals surface area (Å²) in [6, 6.07) is 0. The second kappa shape index (κ2) is 10.3. The van der Waals surface area contributed by atoms with Gasteiger partial charge >= 0.3 is 12.1 Å². The van der Waals surface area contributed by atoms with Gasteiger partial charge < -0.3 is 24.4 Å². The quantitative estimate of drug-likeness (QED) is 0.731. The smallest absolute Gasteiger partial charge is 0.475 e. The van der Waals surface area contributed by atoms with Crippen molar-refractivity contribution in [3.8, 4) is 0 Å². The third-order valence-electron chi connectivity index (χ3n) is 6.47. The molecule has 0 aromatic heterocycles. The summed E-state index contributed by atoms with van der Waals surface area (Å²) in [7, 11) is 0. The van der Waals surface area contributed by atoms with Crippen molar-refractivity contribution in [2.75, 3.05) is 45.9 Å². The maximum atomic E-state index is 12.6. The lowest BCUT2D eigenvalue weighted by Gasteiger charge is -2.35. The van der Waals surface area contributed by atoms with Crippen LogP contribution in [0.5, 0.6) is 0 Å². The van der Waals surface area contributed by atoms with Gasteiger partial charge in [-0.25, -0.2) is 4.79 Å². The summed E-state index contributed by atoms with van der Waals surface area (Å²) in [6.07, 6.45) is 2.76. The van der Waals surface area contributed by atoms with E-state index in [1.54, 1.807) is 0 Å². The summed E-state index contributed by atoms with van der Waals surface area (Å²) in [6.45, 7) is 6.26. The average Bonchev–Trinajstić information content (AvgIpc) is 3.37. The number of carboxylic acid groups (broad SMARTS) is 1. The van der Waals surface area contributed by atoms with E-state index in [0.717, 1.165) is 32.0 Å². The number of carbonyl (C=O) groups is 2. The van der Waals surface area contributed by atoms with E-state index in [1.807, 2.05) is 4.90 Å². The first-order valence-corrected chi connectivity index (χ1v) is 10.8. The molecule has 3 heterocycles. The van der Waals surface area contributed by atoms with Crippen molar-refractivity contribution < 1.29 is 37.3 Å². The number of carbonyl (C=O) groups excluding carboxylic acids is 1. The molecule has 0 bridgehead atoms. The van der Waals surface area contributed by atoms with Crippen LogP contribution < -0.4 is 0 Å². The minimum absolute atomic E-state index is 0.199. The van der Waals surface area contributed by atoms with Gasteiger partial charge in [-0.05, 0) is 44.1 Å². The zero-order valence-electron chi connectivity index (χ0n) is 17.1. The van der Waals surface area contributed by atoms with Gasteiger partial charge in [-0.3, -0.25) is 4.79 Å². The van der Waals surface area contributed by atoms with Gasteiger partial charge in [0.1, 0.15) is 6.10 Å². The first kappa shape index (κ1) is 23.3. The molecule has 30 heavy (non-hydrogen) atoms. The standard InChI is InChI=1S/C18H30N2O3.C2HF3O2/c21-18(20-7-9-22-10-8-20)16-11-15-5-6-19(13-17(15)23-16)12-14-3-1-2-4-14;3-2(4,5)1(6)7/h14-17H,1-13H2;(H,6,7)/t15-,16+,17+;/m0./s1. The number of fused-ring (bicyclic) bond motifs is 1. The SMILES string of the molecule is O=C(O)C(F)(F)F.O=C([C@H]1C[C@@H]2CCN(CC3CCCC3)C[C@H]2O1)N1CCOCC1. The van der Waals surface area contributed by atoms with Crippen molar-refractivity contribution in [2.45, 2.75) is 56.9 Å². The molecule has 0 aromatic carbocycles. The number of amides is 1. The maximum Gasteiger partial charge on any atom is 0.490 e. The van der Waals surface area contributed by atoms with Gasteiger partial charge in [-0.15, -0.1) is 0 Å². The predicted molar refractivity (Wildman–Crippen MR) is 101 cm³/mol. The Bertz CT molecular complexity index is 591. The molecule has 4 fully saturated rings. The Morgan fingerprint density at radius 2 is 1.67 bits per heavy atom. The average molecular weight is 436 g/mol. The largest absolute Gasteiger partial charge is 0.490 e.